The predicted molar refractivity (Wildman–Crippen MR) is 77.9 cm³/mol. The summed E-state index contributed by atoms with van der Waals surface area (Å²) in [6, 6.07) is 13.1. The number of nitriles is 1. The molecule has 2 aromatic heterocycles. The van der Waals surface area contributed by atoms with Crippen molar-refractivity contribution < 1.29 is 0 Å². The molecule has 0 unspecified atom stereocenters. The SMILES string of the molecule is N#Cc1ncccc1Cn1cnc(-c2ccc(N)cc2)n1. The molecule has 2 N–H and O–H groups in total. The summed E-state index contributed by atoms with van der Waals surface area (Å²) in [6.45, 7) is 0.457. The van der Waals surface area contributed by atoms with E-state index in [1.54, 1.807) is 23.3 Å². The Hall–Kier alpha value is -3.20. The van der Waals surface area contributed by atoms with Crippen molar-refractivity contribution in [1.82, 2.24) is 19.7 Å². The van der Waals surface area contributed by atoms with Gasteiger partial charge in [-0.15, -0.1) is 0 Å². The largest absolute Gasteiger partial charge is 0.399 e. The van der Waals surface area contributed by atoms with E-state index in [2.05, 4.69) is 21.1 Å². The van der Waals surface area contributed by atoms with Crippen molar-refractivity contribution in [3.63, 3.8) is 0 Å². The Morgan fingerprint density at radius 2 is 1.95 bits per heavy atom. The molecule has 102 valence electrons. The zero-order valence-corrected chi connectivity index (χ0v) is 11.1. The van der Waals surface area contributed by atoms with E-state index in [0.29, 0.717) is 23.8 Å². The summed E-state index contributed by atoms with van der Waals surface area (Å²) in [7, 11) is 0. The monoisotopic (exact) mass is 276 g/mol. The van der Waals surface area contributed by atoms with Gasteiger partial charge in [-0.25, -0.2) is 14.6 Å². The van der Waals surface area contributed by atoms with Crippen LogP contribution in [0.3, 0.4) is 0 Å². The molecule has 0 radical (unpaired) electrons. The van der Waals surface area contributed by atoms with E-state index < -0.39 is 0 Å². The van der Waals surface area contributed by atoms with Gasteiger partial charge in [0.1, 0.15) is 18.1 Å². The van der Waals surface area contributed by atoms with Gasteiger partial charge in [0.25, 0.3) is 0 Å². The summed E-state index contributed by atoms with van der Waals surface area (Å²) in [5, 5.41) is 13.4. The summed E-state index contributed by atoms with van der Waals surface area (Å²) < 4.78 is 1.68. The molecule has 0 spiro atoms. The molecule has 0 aliphatic rings. The van der Waals surface area contributed by atoms with Crippen molar-refractivity contribution in [3.05, 3.63) is 60.2 Å². The molecule has 21 heavy (non-hydrogen) atoms. The average molecular weight is 276 g/mol. The number of anilines is 1. The lowest BCUT2D eigenvalue weighted by atomic mass is 10.2. The normalized spacial score (nSPS) is 10.2. The molecule has 6 nitrogen and oxygen atoms in total. The second kappa shape index (κ2) is 5.43. The number of nitrogens with zero attached hydrogens (tertiary/aromatic N) is 5. The van der Waals surface area contributed by atoms with Crippen LogP contribution in [-0.4, -0.2) is 19.7 Å². The van der Waals surface area contributed by atoms with E-state index in [1.165, 1.54) is 0 Å². The van der Waals surface area contributed by atoms with Gasteiger partial charge in [0.05, 0.1) is 6.54 Å². The second-order valence-electron chi connectivity index (χ2n) is 4.51. The number of aromatic nitrogens is 4. The maximum absolute atomic E-state index is 9.04. The van der Waals surface area contributed by atoms with Crippen molar-refractivity contribution in [3.8, 4) is 17.5 Å². The molecule has 0 amide bonds. The van der Waals surface area contributed by atoms with Gasteiger partial charge >= 0.3 is 0 Å². The average Bonchev–Trinajstić information content (AvgIpc) is 2.97. The van der Waals surface area contributed by atoms with Crippen molar-refractivity contribution in [2.45, 2.75) is 6.54 Å². The number of nitrogen functional groups attached to an aromatic ring is 1. The Morgan fingerprint density at radius 3 is 2.71 bits per heavy atom. The predicted octanol–water partition coefficient (Wildman–Crippen LogP) is 1.84. The first kappa shape index (κ1) is 12.8. The van der Waals surface area contributed by atoms with Gasteiger partial charge in [0.15, 0.2) is 5.82 Å². The Morgan fingerprint density at radius 1 is 1.14 bits per heavy atom. The number of nitrogens with two attached hydrogens (primary N) is 1. The number of benzene rings is 1. The molecule has 0 aliphatic carbocycles. The first-order valence-corrected chi connectivity index (χ1v) is 6.35. The Labute approximate surface area is 121 Å². The maximum atomic E-state index is 9.04. The summed E-state index contributed by atoms with van der Waals surface area (Å²) in [5.41, 5.74) is 8.48. The van der Waals surface area contributed by atoms with Crippen LogP contribution >= 0.6 is 0 Å². The molecule has 0 aliphatic heterocycles. The van der Waals surface area contributed by atoms with Gasteiger partial charge < -0.3 is 5.73 Å². The van der Waals surface area contributed by atoms with Crippen molar-refractivity contribution in [2.75, 3.05) is 5.73 Å². The molecule has 1 aromatic carbocycles. The van der Waals surface area contributed by atoms with Crippen LogP contribution in [0.2, 0.25) is 0 Å². The van der Waals surface area contributed by atoms with Crippen LogP contribution in [0.5, 0.6) is 0 Å². The van der Waals surface area contributed by atoms with Crippen LogP contribution in [0, 0.1) is 11.3 Å². The minimum Gasteiger partial charge on any atom is -0.399 e. The summed E-state index contributed by atoms with van der Waals surface area (Å²) in [4.78, 5) is 8.31. The zero-order chi connectivity index (χ0) is 14.7. The number of pyridine rings is 1. The molecule has 6 heteroatoms. The molecular weight excluding hydrogens is 264 g/mol. The Bertz CT molecular complexity index is 798. The highest BCUT2D eigenvalue weighted by atomic mass is 15.3. The van der Waals surface area contributed by atoms with Gasteiger partial charge in [-0.1, -0.05) is 6.07 Å². The minimum absolute atomic E-state index is 0.405. The van der Waals surface area contributed by atoms with Crippen molar-refractivity contribution in [2.24, 2.45) is 0 Å². The van der Waals surface area contributed by atoms with Crippen LogP contribution in [0.4, 0.5) is 5.69 Å². The quantitative estimate of drug-likeness (QED) is 0.737. The van der Waals surface area contributed by atoms with E-state index in [-0.39, 0.29) is 0 Å². The first-order chi connectivity index (χ1) is 10.3. The van der Waals surface area contributed by atoms with Crippen molar-refractivity contribution >= 4 is 5.69 Å². The number of hydrogen-bond donors (Lipinski definition) is 1. The zero-order valence-electron chi connectivity index (χ0n) is 11.1. The van der Waals surface area contributed by atoms with E-state index >= 15 is 0 Å². The van der Waals surface area contributed by atoms with Gasteiger partial charge in [0.2, 0.25) is 0 Å². The van der Waals surface area contributed by atoms with Gasteiger partial charge in [-0.2, -0.15) is 10.4 Å². The third-order valence-corrected chi connectivity index (χ3v) is 3.03. The van der Waals surface area contributed by atoms with E-state index in [1.807, 2.05) is 30.3 Å². The highest BCUT2D eigenvalue weighted by Gasteiger charge is 2.07. The summed E-state index contributed by atoms with van der Waals surface area (Å²) in [5.74, 6) is 0.623. The number of rotatable bonds is 3. The molecule has 2 heterocycles. The Kier molecular flexibility index (Phi) is 3.31. The smallest absolute Gasteiger partial charge is 0.181 e. The summed E-state index contributed by atoms with van der Waals surface area (Å²) >= 11 is 0. The third kappa shape index (κ3) is 2.72. The van der Waals surface area contributed by atoms with Crippen LogP contribution in [-0.2, 0) is 6.54 Å². The highest BCUT2D eigenvalue weighted by molar-refractivity contribution is 5.58. The van der Waals surface area contributed by atoms with Gasteiger partial charge in [0, 0.05) is 23.0 Å². The van der Waals surface area contributed by atoms with Crippen LogP contribution in [0.1, 0.15) is 11.3 Å². The molecular formula is C15H12N6. The lowest BCUT2D eigenvalue weighted by Crippen LogP contribution is -2.03. The fourth-order valence-corrected chi connectivity index (χ4v) is 1.98. The van der Waals surface area contributed by atoms with Crippen molar-refractivity contribution in [1.29, 1.82) is 5.26 Å². The van der Waals surface area contributed by atoms with Crippen LogP contribution in [0.25, 0.3) is 11.4 Å². The molecule has 3 rings (SSSR count). The lowest BCUT2D eigenvalue weighted by Gasteiger charge is -2.02. The third-order valence-electron chi connectivity index (χ3n) is 3.03. The molecule has 0 saturated heterocycles. The first-order valence-electron chi connectivity index (χ1n) is 6.35. The Balaban J connectivity index is 1.86. The number of hydrogen-bond acceptors (Lipinski definition) is 5. The molecule has 0 fully saturated rings. The minimum atomic E-state index is 0.405. The van der Waals surface area contributed by atoms with Crippen LogP contribution < -0.4 is 5.73 Å². The second-order valence-corrected chi connectivity index (χ2v) is 4.51. The van der Waals surface area contributed by atoms with Gasteiger partial charge in [-0.05, 0) is 30.3 Å². The molecule has 0 saturated carbocycles. The van der Waals surface area contributed by atoms with Crippen LogP contribution in [0.15, 0.2) is 48.9 Å². The molecule has 3 aromatic rings. The summed E-state index contributed by atoms with van der Waals surface area (Å²) in [6.07, 6.45) is 3.24. The fourth-order valence-electron chi connectivity index (χ4n) is 1.98. The molecule has 0 bridgehead atoms. The lowest BCUT2D eigenvalue weighted by molar-refractivity contribution is 0.683. The van der Waals surface area contributed by atoms with E-state index in [0.717, 1.165) is 11.1 Å². The highest BCUT2D eigenvalue weighted by Crippen LogP contribution is 2.16. The fraction of sp³-hybridized carbons (Fsp3) is 0.0667. The van der Waals surface area contributed by atoms with E-state index in [4.69, 9.17) is 11.0 Å². The van der Waals surface area contributed by atoms with Gasteiger partial charge in [-0.3, -0.25) is 0 Å². The standard InChI is InChI=1S/C15H12N6/c16-8-14-12(2-1-7-18-14)9-21-10-19-15(20-21)11-3-5-13(17)6-4-11/h1-7,10H,9,17H2. The topological polar surface area (TPSA) is 93.4 Å². The van der Waals surface area contributed by atoms with E-state index in [9.17, 15) is 0 Å². The molecule has 0 atom stereocenters. The maximum Gasteiger partial charge on any atom is 0.181 e.